The highest BCUT2D eigenvalue weighted by molar-refractivity contribution is 7.91. The number of carbonyl (C=O) groups is 1. The van der Waals surface area contributed by atoms with Gasteiger partial charge in [-0.25, -0.2) is 8.42 Å². The normalized spacial score (nSPS) is 15.7. The van der Waals surface area contributed by atoms with E-state index in [9.17, 15) is 23.3 Å². The van der Waals surface area contributed by atoms with Crippen molar-refractivity contribution in [3.63, 3.8) is 0 Å². The first-order valence-corrected chi connectivity index (χ1v) is 12.7. The molecule has 1 aliphatic carbocycles. The number of fused-ring (bicyclic) bond motifs is 1. The highest BCUT2D eigenvalue weighted by Crippen LogP contribution is 2.34. The van der Waals surface area contributed by atoms with Crippen LogP contribution in [0.2, 0.25) is 0 Å². The summed E-state index contributed by atoms with van der Waals surface area (Å²) in [6.07, 6.45) is 5.82. The largest absolute Gasteiger partial charge is 0.475 e. The van der Waals surface area contributed by atoms with E-state index in [1.165, 1.54) is 0 Å². The molecule has 0 radical (unpaired) electrons. The summed E-state index contributed by atoms with van der Waals surface area (Å²) in [4.78, 5) is 17.4. The predicted octanol–water partition coefficient (Wildman–Crippen LogP) is 2.16. The lowest BCUT2D eigenvalue weighted by Gasteiger charge is -2.23. The van der Waals surface area contributed by atoms with Gasteiger partial charge in [0.15, 0.2) is 9.84 Å². The van der Waals surface area contributed by atoms with Crippen molar-refractivity contribution in [2.75, 3.05) is 5.75 Å². The molecule has 2 aromatic carbocycles. The Kier molecular flexibility index (Phi) is 7.12. The van der Waals surface area contributed by atoms with Crippen LogP contribution in [0.15, 0.2) is 71.9 Å². The van der Waals surface area contributed by atoms with Crippen LogP contribution in [0, 0.1) is 11.8 Å². The molecule has 0 unspecified atom stereocenters. The van der Waals surface area contributed by atoms with Crippen LogP contribution in [0.3, 0.4) is 0 Å². The Morgan fingerprint density at radius 1 is 1.09 bits per heavy atom. The van der Waals surface area contributed by atoms with Gasteiger partial charge in [-0.15, -0.1) is 0 Å². The van der Waals surface area contributed by atoms with Crippen LogP contribution >= 0.6 is 0 Å². The number of rotatable bonds is 10. The van der Waals surface area contributed by atoms with Crippen molar-refractivity contribution >= 4 is 33.6 Å². The highest BCUT2D eigenvalue weighted by atomic mass is 32.2. The quantitative estimate of drug-likeness (QED) is 0.395. The highest BCUT2D eigenvalue weighted by Gasteiger charge is 2.35. The van der Waals surface area contributed by atoms with E-state index >= 15 is 0 Å². The zero-order valence-corrected chi connectivity index (χ0v) is 19.0. The van der Waals surface area contributed by atoms with E-state index in [4.69, 9.17) is 0 Å². The summed E-state index contributed by atoms with van der Waals surface area (Å²) < 4.78 is 26.9. The maximum Gasteiger partial charge on any atom is 0.475 e. The first-order chi connectivity index (χ1) is 15.8. The van der Waals surface area contributed by atoms with Gasteiger partial charge in [0.05, 0.1) is 22.5 Å². The topological polar surface area (TPSA) is 117 Å². The third-order valence-corrected chi connectivity index (χ3v) is 7.93. The number of nitrogens with zero attached hydrogens (tertiary/aromatic N) is 1. The summed E-state index contributed by atoms with van der Waals surface area (Å²) in [5, 5.41) is 23.5. The number of amides is 1. The van der Waals surface area contributed by atoms with Gasteiger partial charge in [0.2, 0.25) is 5.91 Å². The number of hydrogen-bond acceptors (Lipinski definition) is 6. The smallest absolute Gasteiger partial charge is 0.426 e. The summed E-state index contributed by atoms with van der Waals surface area (Å²) >= 11 is 0. The maximum absolute atomic E-state index is 13.5. The van der Waals surface area contributed by atoms with E-state index in [1.54, 1.807) is 36.7 Å². The van der Waals surface area contributed by atoms with Gasteiger partial charge in [-0.05, 0) is 36.5 Å². The van der Waals surface area contributed by atoms with Gasteiger partial charge in [0.1, 0.15) is 0 Å². The van der Waals surface area contributed by atoms with E-state index in [-0.39, 0.29) is 11.3 Å². The molecule has 172 valence electrons. The molecule has 1 fully saturated rings. The van der Waals surface area contributed by atoms with Gasteiger partial charge in [-0.2, -0.15) is 0 Å². The zero-order chi connectivity index (χ0) is 23.4. The Morgan fingerprint density at radius 3 is 2.55 bits per heavy atom. The Balaban J connectivity index is 1.61. The molecule has 1 amide bonds. The molecule has 1 aliphatic rings. The van der Waals surface area contributed by atoms with Gasteiger partial charge < -0.3 is 15.4 Å². The summed E-state index contributed by atoms with van der Waals surface area (Å²) in [7, 11) is -5.53. The van der Waals surface area contributed by atoms with Gasteiger partial charge in [-0.3, -0.25) is 9.78 Å². The first kappa shape index (κ1) is 23.4. The van der Waals surface area contributed by atoms with Crippen LogP contribution in [0.4, 0.5) is 0 Å². The van der Waals surface area contributed by atoms with Crippen LogP contribution in [0.1, 0.15) is 24.8 Å². The Morgan fingerprint density at radius 2 is 1.85 bits per heavy atom. The van der Waals surface area contributed by atoms with Crippen molar-refractivity contribution in [3.05, 3.63) is 72.6 Å². The van der Waals surface area contributed by atoms with Crippen LogP contribution in [0.5, 0.6) is 0 Å². The summed E-state index contributed by atoms with van der Waals surface area (Å²) in [5.74, 6) is -2.25. The van der Waals surface area contributed by atoms with Gasteiger partial charge in [0.25, 0.3) is 0 Å². The molecule has 2 atom stereocenters. The molecule has 0 bridgehead atoms. The molecule has 3 N–H and O–H groups in total. The fourth-order valence-corrected chi connectivity index (χ4v) is 5.90. The van der Waals surface area contributed by atoms with Crippen molar-refractivity contribution in [1.29, 1.82) is 0 Å². The lowest BCUT2D eigenvalue weighted by molar-refractivity contribution is -0.124. The molecule has 4 rings (SSSR count). The van der Waals surface area contributed by atoms with E-state index in [1.807, 2.05) is 30.3 Å². The second-order valence-corrected chi connectivity index (χ2v) is 10.7. The first-order valence-electron chi connectivity index (χ1n) is 11.1. The van der Waals surface area contributed by atoms with Crippen molar-refractivity contribution < 1.29 is 23.3 Å². The van der Waals surface area contributed by atoms with E-state index in [2.05, 4.69) is 10.3 Å². The number of benzene rings is 2. The number of carbonyl (C=O) groups excluding carboxylic acids is 1. The van der Waals surface area contributed by atoms with E-state index < -0.39 is 40.5 Å². The molecule has 33 heavy (non-hydrogen) atoms. The van der Waals surface area contributed by atoms with Crippen LogP contribution in [0.25, 0.3) is 10.8 Å². The third kappa shape index (κ3) is 5.99. The molecular formula is C24H27BN2O5S. The zero-order valence-electron chi connectivity index (χ0n) is 18.2. The second kappa shape index (κ2) is 10.0. The average Bonchev–Trinajstić information content (AvgIpc) is 3.62. The van der Waals surface area contributed by atoms with E-state index in [0.29, 0.717) is 23.1 Å². The molecule has 7 nitrogen and oxygen atoms in total. The number of nitrogens with one attached hydrogen (secondary N) is 1. The maximum atomic E-state index is 13.5. The minimum Gasteiger partial charge on any atom is -0.426 e. The molecular weight excluding hydrogens is 439 g/mol. The molecule has 9 heteroatoms. The number of sulfone groups is 1. The Labute approximate surface area is 193 Å². The lowest BCUT2D eigenvalue weighted by atomic mass is 9.76. The third-order valence-electron chi connectivity index (χ3n) is 6.06. The lowest BCUT2D eigenvalue weighted by Crippen LogP contribution is -2.50. The monoisotopic (exact) mass is 466 g/mol. The fraction of sp³-hybridized carbons (Fsp3) is 0.333. The van der Waals surface area contributed by atoms with Crippen molar-refractivity contribution in [2.24, 2.45) is 11.8 Å². The SMILES string of the molecule is O=C(N[C@@H](CC1CC1)B(O)O)[C@H](Cc1ccccc1)CS(=O)(=O)c1cccc2cnccc12. The van der Waals surface area contributed by atoms with Gasteiger partial charge in [-0.1, -0.05) is 55.3 Å². The van der Waals surface area contributed by atoms with Crippen LogP contribution < -0.4 is 5.32 Å². The van der Waals surface area contributed by atoms with Crippen LogP contribution in [-0.2, 0) is 21.1 Å². The Bertz CT molecular complexity index is 1210. The van der Waals surface area contributed by atoms with E-state index in [0.717, 1.165) is 18.4 Å². The molecule has 0 aliphatic heterocycles. The average molecular weight is 466 g/mol. The summed E-state index contributed by atoms with van der Waals surface area (Å²) in [6.45, 7) is 0. The van der Waals surface area contributed by atoms with Crippen molar-refractivity contribution in [3.8, 4) is 0 Å². The van der Waals surface area contributed by atoms with Gasteiger partial charge >= 0.3 is 7.12 Å². The van der Waals surface area contributed by atoms with Gasteiger partial charge in [0, 0.05) is 23.2 Å². The van der Waals surface area contributed by atoms with Crippen LogP contribution in [-0.4, -0.2) is 48.2 Å². The predicted molar refractivity (Wildman–Crippen MR) is 127 cm³/mol. The van der Waals surface area contributed by atoms with Crippen molar-refractivity contribution in [1.82, 2.24) is 10.3 Å². The molecule has 1 aromatic heterocycles. The van der Waals surface area contributed by atoms with Crippen molar-refractivity contribution in [2.45, 2.75) is 36.5 Å². The number of hydrogen-bond donors (Lipinski definition) is 3. The molecule has 3 aromatic rings. The standard InChI is InChI=1S/C24H27BN2O5S/c28-24(27-23(25(29)30)14-18-9-10-18)20(13-17-5-2-1-3-6-17)16-33(31,32)22-8-4-7-19-15-26-12-11-21(19)22/h1-8,11-12,15,18,20,23,29-30H,9-10,13-14,16H2,(H,27,28)/t20-,23+/m1/s1. The second-order valence-electron chi connectivity index (χ2n) is 8.73. The number of aromatic nitrogens is 1. The minimum atomic E-state index is -3.83. The molecule has 1 heterocycles. The number of pyridine rings is 1. The summed E-state index contributed by atoms with van der Waals surface area (Å²) in [5.41, 5.74) is 0.832. The molecule has 0 spiro atoms. The Hall–Kier alpha value is -2.75. The minimum absolute atomic E-state index is 0.157. The molecule has 0 saturated heterocycles. The summed E-state index contributed by atoms with van der Waals surface area (Å²) in [6, 6.07) is 15.9. The fourth-order valence-electron chi connectivity index (χ4n) is 4.11. The molecule has 1 saturated carbocycles.